The van der Waals surface area contributed by atoms with Gasteiger partial charge in [-0.2, -0.15) is 0 Å². The summed E-state index contributed by atoms with van der Waals surface area (Å²) in [5, 5.41) is 2.78. The van der Waals surface area contributed by atoms with Crippen LogP contribution in [0, 0.1) is 0 Å². The molecule has 2 heterocycles. The second-order valence-electron chi connectivity index (χ2n) is 4.49. The summed E-state index contributed by atoms with van der Waals surface area (Å²) < 4.78 is 0. The van der Waals surface area contributed by atoms with E-state index in [0.717, 1.165) is 5.69 Å². The number of hydrogen-bond donors (Lipinski definition) is 1. The highest BCUT2D eigenvalue weighted by atomic mass is 16.2. The van der Waals surface area contributed by atoms with Gasteiger partial charge in [0, 0.05) is 31.3 Å². The molecule has 0 bridgehead atoms. The fourth-order valence-electron chi connectivity index (χ4n) is 1.67. The van der Waals surface area contributed by atoms with E-state index in [1.807, 2.05) is 24.9 Å². The first-order chi connectivity index (χ1) is 9.66. The van der Waals surface area contributed by atoms with E-state index >= 15 is 0 Å². The zero-order valence-electron chi connectivity index (χ0n) is 11.5. The summed E-state index contributed by atoms with van der Waals surface area (Å²) in [6.45, 7) is 2.40. The second kappa shape index (κ2) is 6.72. The molecule has 6 nitrogen and oxygen atoms in total. The van der Waals surface area contributed by atoms with Crippen LogP contribution in [-0.2, 0) is 11.3 Å². The molecule has 2 rings (SSSR count). The lowest BCUT2D eigenvalue weighted by Crippen LogP contribution is -2.39. The smallest absolute Gasteiger partial charge is 0.242 e. The van der Waals surface area contributed by atoms with Gasteiger partial charge in [0.25, 0.3) is 0 Å². The number of likely N-dealkylation sites (N-methyl/N-ethyl adjacent to an activating group) is 1. The number of anilines is 1. The number of hydrogen-bond acceptors (Lipinski definition) is 5. The first kappa shape index (κ1) is 14.1. The first-order valence-corrected chi connectivity index (χ1v) is 6.34. The summed E-state index contributed by atoms with van der Waals surface area (Å²) >= 11 is 0. The minimum atomic E-state index is -0.293. The maximum Gasteiger partial charge on any atom is 0.242 e. The monoisotopic (exact) mass is 271 g/mol. The largest absolute Gasteiger partial charge is 0.309 e. The highest BCUT2D eigenvalue weighted by Crippen LogP contribution is 2.06. The van der Waals surface area contributed by atoms with Gasteiger partial charge in [-0.25, -0.2) is 4.98 Å². The number of carbonyl (C=O) groups excluding carboxylic acids is 1. The molecular weight excluding hydrogens is 254 g/mol. The van der Waals surface area contributed by atoms with Crippen LogP contribution in [0.5, 0.6) is 0 Å². The highest BCUT2D eigenvalue weighted by Gasteiger charge is 2.18. The van der Waals surface area contributed by atoms with Gasteiger partial charge in [0.1, 0.15) is 5.82 Å². The van der Waals surface area contributed by atoms with E-state index in [0.29, 0.717) is 12.4 Å². The van der Waals surface area contributed by atoms with Crippen LogP contribution in [0.25, 0.3) is 0 Å². The summed E-state index contributed by atoms with van der Waals surface area (Å²) in [7, 11) is 1.87. The van der Waals surface area contributed by atoms with Gasteiger partial charge in [-0.05, 0) is 26.1 Å². The van der Waals surface area contributed by atoms with Crippen LogP contribution in [0.3, 0.4) is 0 Å². The molecule has 2 aromatic heterocycles. The Balaban J connectivity index is 1.93. The van der Waals surface area contributed by atoms with Gasteiger partial charge in [0.05, 0.1) is 11.7 Å². The maximum atomic E-state index is 12.1. The van der Waals surface area contributed by atoms with Crippen LogP contribution in [0.2, 0.25) is 0 Å². The molecule has 0 aliphatic heterocycles. The van der Waals surface area contributed by atoms with E-state index in [-0.39, 0.29) is 11.9 Å². The van der Waals surface area contributed by atoms with E-state index in [1.165, 1.54) is 0 Å². The molecule has 0 aromatic carbocycles. The third kappa shape index (κ3) is 3.83. The van der Waals surface area contributed by atoms with Gasteiger partial charge in [0.2, 0.25) is 5.91 Å². The van der Waals surface area contributed by atoms with Gasteiger partial charge in [-0.1, -0.05) is 6.07 Å². The van der Waals surface area contributed by atoms with Crippen molar-refractivity contribution in [2.24, 2.45) is 0 Å². The predicted molar refractivity (Wildman–Crippen MR) is 75.8 cm³/mol. The molecule has 0 saturated heterocycles. The van der Waals surface area contributed by atoms with E-state index in [9.17, 15) is 4.79 Å². The Morgan fingerprint density at radius 1 is 1.30 bits per heavy atom. The highest BCUT2D eigenvalue weighted by molar-refractivity contribution is 5.93. The molecule has 2 aromatic rings. The molecule has 1 atom stereocenters. The lowest BCUT2D eigenvalue weighted by molar-refractivity contribution is -0.120. The molecule has 0 radical (unpaired) electrons. The molecule has 1 unspecified atom stereocenters. The van der Waals surface area contributed by atoms with E-state index in [1.54, 1.807) is 36.9 Å². The van der Waals surface area contributed by atoms with Crippen molar-refractivity contribution in [2.75, 3.05) is 12.4 Å². The Bertz CT molecular complexity index is 546. The molecule has 20 heavy (non-hydrogen) atoms. The van der Waals surface area contributed by atoms with E-state index in [4.69, 9.17) is 0 Å². The minimum Gasteiger partial charge on any atom is -0.309 e. The number of amides is 1. The van der Waals surface area contributed by atoms with Crippen LogP contribution in [0.15, 0.2) is 43.0 Å². The molecule has 0 aliphatic carbocycles. The Kier molecular flexibility index (Phi) is 4.73. The third-order valence-electron chi connectivity index (χ3n) is 2.98. The number of carbonyl (C=O) groups is 1. The van der Waals surface area contributed by atoms with Crippen molar-refractivity contribution in [3.05, 3.63) is 48.7 Å². The molecule has 0 aliphatic rings. The summed E-state index contributed by atoms with van der Waals surface area (Å²) in [4.78, 5) is 26.3. The number of nitrogens with zero attached hydrogens (tertiary/aromatic N) is 4. The average molecular weight is 271 g/mol. The molecule has 104 valence electrons. The van der Waals surface area contributed by atoms with Gasteiger partial charge in [-0.15, -0.1) is 0 Å². The first-order valence-electron chi connectivity index (χ1n) is 6.34. The van der Waals surface area contributed by atoms with E-state index < -0.39 is 0 Å². The zero-order valence-corrected chi connectivity index (χ0v) is 11.5. The Labute approximate surface area is 117 Å². The van der Waals surface area contributed by atoms with Crippen LogP contribution < -0.4 is 5.32 Å². The van der Waals surface area contributed by atoms with Crippen molar-refractivity contribution in [2.45, 2.75) is 19.5 Å². The Morgan fingerprint density at radius 2 is 2.15 bits per heavy atom. The van der Waals surface area contributed by atoms with Crippen molar-refractivity contribution < 1.29 is 4.79 Å². The molecule has 1 N–H and O–H groups in total. The maximum absolute atomic E-state index is 12.1. The van der Waals surface area contributed by atoms with Crippen molar-refractivity contribution in [1.29, 1.82) is 0 Å². The predicted octanol–water partition coefficient (Wildman–Crippen LogP) is 1.33. The van der Waals surface area contributed by atoms with Gasteiger partial charge in [-0.3, -0.25) is 19.7 Å². The molecule has 0 saturated carbocycles. The normalized spacial score (nSPS) is 12.2. The zero-order chi connectivity index (χ0) is 14.4. The van der Waals surface area contributed by atoms with Crippen LogP contribution >= 0.6 is 0 Å². The van der Waals surface area contributed by atoms with E-state index in [2.05, 4.69) is 20.3 Å². The molecule has 0 fully saturated rings. The van der Waals surface area contributed by atoms with Gasteiger partial charge >= 0.3 is 0 Å². The summed E-state index contributed by atoms with van der Waals surface area (Å²) in [5.41, 5.74) is 0.826. The van der Waals surface area contributed by atoms with Crippen molar-refractivity contribution in [1.82, 2.24) is 19.9 Å². The van der Waals surface area contributed by atoms with Crippen LogP contribution in [0.1, 0.15) is 12.6 Å². The fourth-order valence-corrected chi connectivity index (χ4v) is 1.67. The average Bonchev–Trinajstić information content (AvgIpc) is 2.48. The van der Waals surface area contributed by atoms with Gasteiger partial charge < -0.3 is 5.32 Å². The Hall–Kier alpha value is -2.34. The lowest BCUT2D eigenvalue weighted by Gasteiger charge is -2.23. The SMILES string of the molecule is CC(C(=O)Nc1ccccn1)N(C)Cc1cnccn1. The van der Waals surface area contributed by atoms with Crippen molar-refractivity contribution in [3.8, 4) is 0 Å². The summed E-state index contributed by atoms with van der Waals surface area (Å²) in [5.74, 6) is 0.451. The third-order valence-corrected chi connectivity index (χ3v) is 2.98. The van der Waals surface area contributed by atoms with Crippen molar-refractivity contribution >= 4 is 11.7 Å². The molecule has 0 spiro atoms. The lowest BCUT2D eigenvalue weighted by atomic mass is 10.2. The summed E-state index contributed by atoms with van der Waals surface area (Å²) in [6, 6.07) is 5.10. The second-order valence-corrected chi connectivity index (χ2v) is 4.49. The Morgan fingerprint density at radius 3 is 2.80 bits per heavy atom. The standard InChI is InChI=1S/C14H17N5O/c1-11(14(20)18-13-5-3-4-6-17-13)19(2)10-12-9-15-7-8-16-12/h3-9,11H,10H2,1-2H3,(H,17,18,20). The van der Waals surface area contributed by atoms with Crippen LogP contribution in [0.4, 0.5) is 5.82 Å². The summed E-state index contributed by atoms with van der Waals surface area (Å²) in [6.07, 6.45) is 6.60. The molecule has 6 heteroatoms. The van der Waals surface area contributed by atoms with Gasteiger partial charge in [0.15, 0.2) is 0 Å². The van der Waals surface area contributed by atoms with Crippen molar-refractivity contribution in [3.63, 3.8) is 0 Å². The quantitative estimate of drug-likeness (QED) is 0.888. The molecule has 1 amide bonds. The number of pyridine rings is 1. The topological polar surface area (TPSA) is 71.0 Å². The fraction of sp³-hybridized carbons (Fsp3) is 0.286. The minimum absolute atomic E-state index is 0.102. The van der Waals surface area contributed by atoms with Crippen LogP contribution in [-0.4, -0.2) is 38.8 Å². The molecular formula is C14H17N5O. The number of rotatable bonds is 5. The number of nitrogens with one attached hydrogen (secondary N) is 1. The number of aromatic nitrogens is 3.